The SMILES string of the molecule is Cc1oc(C)c(C(=O)N(C)C(C)CC#N)c1C. The van der Waals surface area contributed by atoms with E-state index in [0.29, 0.717) is 17.7 Å². The van der Waals surface area contributed by atoms with E-state index in [2.05, 4.69) is 6.07 Å². The number of aryl methyl sites for hydroxylation is 2. The molecule has 0 aromatic carbocycles. The lowest BCUT2D eigenvalue weighted by molar-refractivity contribution is 0.0744. The predicted molar refractivity (Wildman–Crippen MR) is 64.7 cm³/mol. The molecule has 1 aromatic heterocycles. The number of rotatable bonds is 3. The lowest BCUT2D eigenvalue weighted by Gasteiger charge is -2.23. The van der Waals surface area contributed by atoms with Gasteiger partial charge in [0, 0.05) is 18.7 Å². The van der Waals surface area contributed by atoms with Gasteiger partial charge in [-0.1, -0.05) is 0 Å². The number of carbonyl (C=O) groups is 1. The number of furan rings is 1. The summed E-state index contributed by atoms with van der Waals surface area (Å²) in [6, 6.07) is 1.98. The summed E-state index contributed by atoms with van der Waals surface area (Å²) in [7, 11) is 1.71. The molecule has 4 nitrogen and oxygen atoms in total. The fraction of sp³-hybridized carbons (Fsp3) is 0.538. The summed E-state index contributed by atoms with van der Waals surface area (Å²) < 4.78 is 5.44. The number of carbonyl (C=O) groups excluding carboxylic acids is 1. The van der Waals surface area contributed by atoms with Gasteiger partial charge in [0.2, 0.25) is 0 Å². The Morgan fingerprint density at radius 1 is 1.41 bits per heavy atom. The number of amides is 1. The Balaban J connectivity index is 3.01. The summed E-state index contributed by atoms with van der Waals surface area (Å²) in [6.45, 7) is 7.37. The van der Waals surface area contributed by atoms with Gasteiger partial charge in [-0.2, -0.15) is 5.26 Å². The largest absolute Gasteiger partial charge is 0.466 e. The van der Waals surface area contributed by atoms with E-state index in [1.54, 1.807) is 18.9 Å². The minimum absolute atomic E-state index is 0.0837. The molecule has 0 saturated carbocycles. The molecule has 1 heterocycles. The Morgan fingerprint density at radius 3 is 2.41 bits per heavy atom. The van der Waals surface area contributed by atoms with Crippen molar-refractivity contribution in [3.63, 3.8) is 0 Å². The van der Waals surface area contributed by atoms with Gasteiger partial charge < -0.3 is 9.32 Å². The number of nitriles is 1. The third-order valence-electron chi connectivity index (χ3n) is 3.14. The van der Waals surface area contributed by atoms with E-state index in [4.69, 9.17) is 9.68 Å². The second kappa shape index (κ2) is 5.05. The van der Waals surface area contributed by atoms with Crippen LogP contribution in [0.2, 0.25) is 0 Å². The first-order valence-electron chi connectivity index (χ1n) is 5.60. The Bertz CT molecular complexity index is 468. The van der Waals surface area contributed by atoms with Gasteiger partial charge in [-0.3, -0.25) is 4.79 Å². The normalized spacial score (nSPS) is 12.0. The molecule has 1 atom stereocenters. The molecule has 0 aliphatic carbocycles. The molecule has 0 radical (unpaired) electrons. The van der Waals surface area contributed by atoms with E-state index in [9.17, 15) is 4.79 Å². The zero-order valence-corrected chi connectivity index (χ0v) is 11.0. The molecular formula is C13H18N2O2. The molecule has 1 amide bonds. The number of hydrogen-bond donors (Lipinski definition) is 0. The van der Waals surface area contributed by atoms with Crippen LogP contribution in [0.5, 0.6) is 0 Å². The Hall–Kier alpha value is -1.76. The van der Waals surface area contributed by atoms with Crippen LogP contribution in [-0.4, -0.2) is 23.9 Å². The second-order valence-electron chi connectivity index (χ2n) is 4.34. The summed E-state index contributed by atoms with van der Waals surface area (Å²) in [5.74, 6) is 1.33. The quantitative estimate of drug-likeness (QED) is 0.807. The van der Waals surface area contributed by atoms with Gasteiger partial charge in [-0.05, 0) is 27.7 Å². The number of hydrogen-bond acceptors (Lipinski definition) is 3. The van der Waals surface area contributed by atoms with Gasteiger partial charge >= 0.3 is 0 Å². The molecule has 0 bridgehead atoms. The van der Waals surface area contributed by atoms with Crippen molar-refractivity contribution in [2.75, 3.05) is 7.05 Å². The van der Waals surface area contributed by atoms with Gasteiger partial charge in [-0.25, -0.2) is 0 Å². The van der Waals surface area contributed by atoms with Gasteiger partial charge in [0.15, 0.2) is 0 Å². The van der Waals surface area contributed by atoms with Crippen molar-refractivity contribution in [1.29, 1.82) is 5.26 Å². The molecule has 1 aromatic rings. The first-order valence-corrected chi connectivity index (χ1v) is 5.60. The summed E-state index contributed by atoms with van der Waals surface area (Å²) in [6.07, 6.45) is 0.331. The molecule has 0 saturated heterocycles. The third-order valence-corrected chi connectivity index (χ3v) is 3.14. The molecule has 1 unspecified atom stereocenters. The van der Waals surface area contributed by atoms with Gasteiger partial charge in [-0.15, -0.1) is 0 Å². The molecule has 0 aliphatic heterocycles. The summed E-state index contributed by atoms with van der Waals surface area (Å²) >= 11 is 0. The monoisotopic (exact) mass is 234 g/mol. The fourth-order valence-electron chi connectivity index (χ4n) is 1.75. The van der Waals surface area contributed by atoms with Crippen molar-refractivity contribution in [1.82, 2.24) is 4.90 Å². The van der Waals surface area contributed by atoms with E-state index >= 15 is 0 Å². The fourth-order valence-corrected chi connectivity index (χ4v) is 1.75. The molecular weight excluding hydrogens is 216 g/mol. The summed E-state index contributed by atoms with van der Waals surface area (Å²) in [4.78, 5) is 13.9. The number of nitrogens with zero attached hydrogens (tertiary/aromatic N) is 2. The smallest absolute Gasteiger partial charge is 0.257 e. The van der Waals surface area contributed by atoms with Crippen molar-refractivity contribution in [3.05, 3.63) is 22.6 Å². The highest BCUT2D eigenvalue weighted by molar-refractivity contribution is 5.96. The average Bonchev–Trinajstić information content (AvgIpc) is 2.51. The van der Waals surface area contributed by atoms with Crippen LogP contribution in [0.3, 0.4) is 0 Å². The maximum Gasteiger partial charge on any atom is 0.257 e. The molecule has 1 rings (SSSR count). The van der Waals surface area contributed by atoms with Crippen LogP contribution >= 0.6 is 0 Å². The lowest BCUT2D eigenvalue weighted by atomic mass is 10.1. The van der Waals surface area contributed by atoms with Crippen molar-refractivity contribution in [2.45, 2.75) is 40.2 Å². The van der Waals surface area contributed by atoms with E-state index in [1.165, 1.54) is 0 Å². The highest BCUT2D eigenvalue weighted by atomic mass is 16.3. The molecule has 17 heavy (non-hydrogen) atoms. The van der Waals surface area contributed by atoms with Gasteiger partial charge in [0.05, 0.1) is 18.1 Å². The Kier molecular flexibility index (Phi) is 3.95. The highest BCUT2D eigenvalue weighted by Gasteiger charge is 2.24. The zero-order chi connectivity index (χ0) is 13.2. The van der Waals surface area contributed by atoms with Crippen molar-refractivity contribution in [2.24, 2.45) is 0 Å². The molecule has 0 spiro atoms. The predicted octanol–water partition coefficient (Wildman–Crippen LogP) is 2.58. The van der Waals surface area contributed by atoms with Crippen LogP contribution in [0.4, 0.5) is 0 Å². The van der Waals surface area contributed by atoms with Crippen LogP contribution in [-0.2, 0) is 0 Å². The molecule has 0 fully saturated rings. The van der Waals surface area contributed by atoms with E-state index in [0.717, 1.165) is 11.3 Å². The minimum atomic E-state index is -0.0958. The highest BCUT2D eigenvalue weighted by Crippen LogP contribution is 2.22. The van der Waals surface area contributed by atoms with Gasteiger partial charge in [0.25, 0.3) is 5.91 Å². The third kappa shape index (κ3) is 2.50. The molecule has 92 valence electrons. The first kappa shape index (κ1) is 13.3. The first-order chi connectivity index (χ1) is 7.90. The second-order valence-corrected chi connectivity index (χ2v) is 4.34. The maximum atomic E-state index is 12.3. The molecule has 0 aliphatic rings. The summed E-state index contributed by atoms with van der Waals surface area (Å²) in [5, 5.41) is 8.64. The van der Waals surface area contributed by atoms with E-state index in [-0.39, 0.29) is 11.9 Å². The van der Waals surface area contributed by atoms with Crippen LogP contribution in [0, 0.1) is 32.1 Å². The van der Waals surface area contributed by atoms with Crippen LogP contribution < -0.4 is 0 Å². The van der Waals surface area contributed by atoms with Crippen LogP contribution in [0.15, 0.2) is 4.42 Å². The topological polar surface area (TPSA) is 57.2 Å². The zero-order valence-electron chi connectivity index (χ0n) is 11.0. The van der Waals surface area contributed by atoms with Crippen molar-refractivity contribution >= 4 is 5.91 Å². The maximum absolute atomic E-state index is 12.3. The van der Waals surface area contributed by atoms with Gasteiger partial charge in [0.1, 0.15) is 11.5 Å². The minimum Gasteiger partial charge on any atom is -0.466 e. The van der Waals surface area contributed by atoms with E-state index < -0.39 is 0 Å². The summed E-state index contributed by atoms with van der Waals surface area (Å²) in [5.41, 5.74) is 1.50. The average molecular weight is 234 g/mol. The van der Waals surface area contributed by atoms with E-state index in [1.807, 2.05) is 20.8 Å². The molecule has 4 heteroatoms. The van der Waals surface area contributed by atoms with Crippen LogP contribution in [0.25, 0.3) is 0 Å². The lowest BCUT2D eigenvalue weighted by Crippen LogP contribution is -2.35. The Labute approximate surface area is 102 Å². The van der Waals surface area contributed by atoms with Crippen molar-refractivity contribution in [3.8, 4) is 6.07 Å². The van der Waals surface area contributed by atoms with Crippen LogP contribution in [0.1, 0.15) is 40.8 Å². The standard InChI is InChI=1S/C13H18N2O2/c1-8(6-7-14)15(5)13(16)12-9(2)10(3)17-11(12)4/h8H,6H2,1-5H3. The van der Waals surface area contributed by atoms with Crippen molar-refractivity contribution < 1.29 is 9.21 Å². The Morgan fingerprint density at radius 2 is 2.00 bits per heavy atom. The molecule has 0 N–H and O–H groups in total.